The van der Waals surface area contributed by atoms with E-state index in [1.165, 1.54) is 16.2 Å². The zero-order valence-electron chi connectivity index (χ0n) is 12.3. The van der Waals surface area contributed by atoms with Crippen molar-refractivity contribution in [1.82, 2.24) is 9.88 Å². The molecular formula is C15H16ClN3O2S. The van der Waals surface area contributed by atoms with E-state index in [1.807, 2.05) is 18.4 Å². The number of amides is 2. The van der Waals surface area contributed by atoms with E-state index in [2.05, 4.69) is 10.3 Å². The first-order valence-electron chi connectivity index (χ1n) is 6.64. The average Bonchev–Trinajstić information content (AvgIpc) is 2.95. The van der Waals surface area contributed by atoms with Crippen molar-refractivity contribution < 1.29 is 9.59 Å². The summed E-state index contributed by atoms with van der Waals surface area (Å²) in [6.45, 7) is 2.27. The number of halogens is 1. The van der Waals surface area contributed by atoms with E-state index in [9.17, 15) is 9.59 Å². The number of hydrogen-bond acceptors (Lipinski definition) is 4. The maximum Gasteiger partial charge on any atom is 0.233 e. The van der Waals surface area contributed by atoms with Crippen LogP contribution in [0.1, 0.15) is 17.0 Å². The van der Waals surface area contributed by atoms with Crippen molar-refractivity contribution in [2.75, 3.05) is 12.4 Å². The van der Waals surface area contributed by atoms with Crippen molar-refractivity contribution in [2.24, 2.45) is 0 Å². The first kappa shape index (κ1) is 16.5. The van der Waals surface area contributed by atoms with Gasteiger partial charge in [0.15, 0.2) is 0 Å². The Balaban J connectivity index is 1.91. The molecule has 0 aliphatic carbocycles. The van der Waals surface area contributed by atoms with Gasteiger partial charge < -0.3 is 10.2 Å². The van der Waals surface area contributed by atoms with Crippen LogP contribution in [0.4, 0.5) is 5.69 Å². The van der Waals surface area contributed by atoms with Crippen molar-refractivity contribution in [3.63, 3.8) is 0 Å². The zero-order valence-corrected chi connectivity index (χ0v) is 13.9. The summed E-state index contributed by atoms with van der Waals surface area (Å²) in [5.41, 5.74) is 1.51. The minimum atomic E-state index is -0.360. The zero-order chi connectivity index (χ0) is 16.1. The first-order valence-corrected chi connectivity index (χ1v) is 7.90. The molecule has 1 aromatic carbocycles. The molecule has 0 unspecified atom stereocenters. The lowest BCUT2D eigenvalue weighted by Gasteiger charge is -2.16. The highest BCUT2D eigenvalue weighted by Crippen LogP contribution is 2.20. The summed E-state index contributed by atoms with van der Waals surface area (Å²) in [5.74, 6) is -0.617. The smallest absolute Gasteiger partial charge is 0.233 e. The molecule has 1 aromatic heterocycles. The molecule has 5 nitrogen and oxygen atoms in total. The largest absolute Gasteiger partial charge is 0.339 e. The van der Waals surface area contributed by atoms with Gasteiger partial charge in [0, 0.05) is 29.3 Å². The topological polar surface area (TPSA) is 62.3 Å². The lowest BCUT2D eigenvalue weighted by atomic mass is 10.2. The van der Waals surface area contributed by atoms with Crippen molar-refractivity contribution in [1.29, 1.82) is 0 Å². The Labute approximate surface area is 137 Å². The van der Waals surface area contributed by atoms with Crippen LogP contribution in [-0.2, 0) is 16.1 Å². The molecule has 1 N–H and O–H groups in total. The molecule has 2 rings (SSSR count). The van der Waals surface area contributed by atoms with E-state index < -0.39 is 0 Å². The SMILES string of the molecule is Cc1ccc(Cl)cc1NC(=O)CC(=O)N(C)Cc1nccs1. The van der Waals surface area contributed by atoms with Gasteiger partial charge in [-0.25, -0.2) is 4.98 Å². The van der Waals surface area contributed by atoms with Gasteiger partial charge in [-0.1, -0.05) is 17.7 Å². The van der Waals surface area contributed by atoms with Gasteiger partial charge in [0.05, 0.1) is 6.54 Å². The van der Waals surface area contributed by atoms with Crippen molar-refractivity contribution in [3.8, 4) is 0 Å². The van der Waals surface area contributed by atoms with Gasteiger partial charge >= 0.3 is 0 Å². The Morgan fingerprint density at radius 2 is 2.18 bits per heavy atom. The summed E-state index contributed by atoms with van der Waals surface area (Å²) in [5, 5.41) is 5.93. The molecule has 7 heteroatoms. The quantitative estimate of drug-likeness (QED) is 0.853. The number of anilines is 1. The Hall–Kier alpha value is -1.92. The minimum absolute atomic E-state index is 0.214. The van der Waals surface area contributed by atoms with Crippen LogP contribution in [0.25, 0.3) is 0 Å². The predicted molar refractivity (Wildman–Crippen MR) is 88.0 cm³/mol. The minimum Gasteiger partial charge on any atom is -0.339 e. The molecule has 0 aliphatic heterocycles. The number of hydrogen-bond donors (Lipinski definition) is 1. The molecular weight excluding hydrogens is 322 g/mol. The van der Waals surface area contributed by atoms with Crippen LogP contribution >= 0.6 is 22.9 Å². The fourth-order valence-corrected chi connectivity index (χ4v) is 2.66. The second-order valence-corrected chi connectivity index (χ2v) is 6.28. The summed E-state index contributed by atoms with van der Waals surface area (Å²) >= 11 is 7.38. The number of aromatic nitrogens is 1. The van der Waals surface area contributed by atoms with Gasteiger partial charge in [-0.15, -0.1) is 11.3 Å². The van der Waals surface area contributed by atoms with Gasteiger partial charge in [0.2, 0.25) is 11.8 Å². The van der Waals surface area contributed by atoms with Crippen LogP contribution < -0.4 is 5.32 Å². The third kappa shape index (κ3) is 4.54. The number of carbonyl (C=O) groups is 2. The highest BCUT2D eigenvalue weighted by Gasteiger charge is 2.16. The normalized spacial score (nSPS) is 10.3. The Bertz CT molecular complexity index is 673. The number of rotatable bonds is 5. The number of carbonyl (C=O) groups excluding carboxylic acids is 2. The lowest BCUT2D eigenvalue weighted by molar-refractivity contribution is -0.134. The molecule has 2 aromatic rings. The van der Waals surface area contributed by atoms with Crippen LogP contribution in [-0.4, -0.2) is 28.7 Å². The van der Waals surface area contributed by atoms with Crippen LogP contribution in [0.15, 0.2) is 29.8 Å². The summed E-state index contributed by atoms with van der Waals surface area (Å²) < 4.78 is 0. The molecule has 0 radical (unpaired) electrons. The monoisotopic (exact) mass is 337 g/mol. The highest BCUT2D eigenvalue weighted by molar-refractivity contribution is 7.09. The summed E-state index contributed by atoms with van der Waals surface area (Å²) in [6.07, 6.45) is 1.47. The standard InChI is InChI=1S/C15H16ClN3O2S/c1-10-3-4-11(16)7-12(10)18-13(20)8-15(21)19(2)9-14-17-5-6-22-14/h3-7H,8-9H2,1-2H3,(H,18,20). The Morgan fingerprint density at radius 1 is 1.41 bits per heavy atom. The third-order valence-corrected chi connectivity index (χ3v) is 4.07. The third-order valence-electron chi connectivity index (χ3n) is 3.07. The average molecular weight is 338 g/mol. The lowest BCUT2D eigenvalue weighted by Crippen LogP contribution is -2.30. The molecule has 1 heterocycles. The van der Waals surface area contributed by atoms with Gasteiger partial charge in [0.1, 0.15) is 11.4 Å². The molecule has 116 valence electrons. The van der Waals surface area contributed by atoms with E-state index >= 15 is 0 Å². The van der Waals surface area contributed by atoms with E-state index in [0.717, 1.165) is 10.6 Å². The number of benzene rings is 1. The number of nitrogens with one attached hydrogen (secondary N) is 1. The fraction of sp³-hybridized carbons (Fsp3) is 0.267. The summed E-state index contributed by atoms with van der Waals surface area (Å²) in [6, 6.07) is 5.23. The molecule has 0 saturated heterocycles. The maximum absolute atomic E-state index is 12.0. The molecule has 0 spiro atoms. The molecule has 0 bridgehead atoms. The summed E-state index contributed by atoms with van der Waals surface area (Å²) in [4.78, 5) is 29.6. The van der Waals surface area contributed by atoms with Gasteiger partial charge in [-0.05, 0) is 24.6 Å². The van der Waals surface area contributed by atoms with Crippen LogP contribution in [0.2, 0.25) is 5.02 Å². The van der Waals surface area contributed by atoms with Crippen molar-refractivity contribution >= 4 is 40.4 Å². The van der Waals surface area contributed by atoms with Crippen LogP contribution in [0.3, 0.4) is 0 Å². The van der Waals surface area contributed by atoms with E-state index in [-0.39, 0.29) is 18.2 Å². The number of aryl methyl sites for hydroxylation is 1. The second-order valence-electron chi connectivity index (χ2n) is 4.86. The Morgan fingerprint density at radius 3 is 2.86 bits per heavy atom. The van der Waals surface area contributed by atoms with E-state index in [0.29, 0.717) is 17.3 Å². The van der Waals surface area contributed by atoms with Crippen LogP contribution in [0.5, 0.6) is 0 Å². The van der Waals surface area contributed by atoms with Crippen molar-refractivity contribution in [2.45, 2.75) is 19.9 Å². The highest BCUT2D eigenvalue weighted by atomic mass is 35.5. The molecule has 2 amide bonds. The fourth-order valence-electron chi connectivity index (χ4n) is 1.82. The van der Waals surface area contributed by atoms with E-state index in [4.69, 9.17) is 11.6 Å². The molecule has 0 saturated carbocycles. The number of thiazole rings is 1. The first-order chi connectivity index (χ1) is 10.5. The number of nitrogens with zero attached hydrogens (tertiary/aromatic N) is 2. The predicted octanol–water partition coefficient (Wildman–Crippen LogP) is 3.09. The van der Waals surface area contributed by atoms with Crippen molar-refractivity contribution in [3.05, 3.63) is 45.4 Å². The van der Waals surface area contributed by atoms with Gasteiger partial charge in [-0.3, -0.25) is 9.59 Å². The van der Waals surface area contributed by atoms with E-state index in [1.54, 1.807) is 25.4 Å². The molecule has 0 aliphatic rings. The Kier molecular flexibility index (Phi) is 5.51. The molecule has 22 heavy (non-hydrogen) atoms. The van der Waals surface area contributed by atoms with Crippen LogP contribution in [0, 0.1) is 6.92 Å². The maximum atomic E-state index is 12.0. The van der Waals surface area contributed by atoms with Gasteiger partial charge in [-0.2, -0.15) is 0 Å². The second kappa shape index (κ2) is 7.38. The summed E-state index contributed by atoms with van der Waals surface area (Å²) in [7, 11) is 1.65. The molecule has 0 atom stereocenters. The van der Waals surface area contributed by atoms with Gasteiger partial charge in [0.25, 0.3) is 0 Å². The molecule has 0 fully saturated rings.